The van der Waals surface area contributed by atoms with Crippen molar-refractivity contribution < 1.29 is 23.4 Å². The summed E-state index contributed by atoms with van der Waals surface area (Å²) in [6, 6.07) is 14.5. The molecule has 0 spiro atoms. The molecular formula is C22H22ClFN4O4. The van der Waals surface area contributed by atoms with Crippen LogP contribution in [0.2, 0.25) is 0 Å². The minimum atomic E-state index is -1.49. The highest BCUT2D eigenvalue weighted by Gasteiger charge is 2.60. The van der Waals surface area contributed by atoms with Crippen molar-refractivity contribution in [3.05, 3.63) is 48.5 Å². The van der Waals surface area contributed by atoms with E-state index in [9.17, 15) is 9.18 Å². The standard InChI is InChI=1S/C22H22ClFN4O4/c1-30-10-11-32-21-26-19(14-6-8-17(31-2)9-7-14)28(27-21)16-5-3-4-15(12-16)25-20(29)22(23)13-18(22)24/h3-9,12,18H,10-11,13H2,1-2H3,(H,25,29)/t18-,22+/m1/s1. The largest absolute Gasteiger partial charge is 0.497 e. The Morgan fingerprint density at radius 1 is 1.25 bits per heavy atom. The van der Waals surface area contributed by atoms with Gasteiger partial charge in [-0.2, -0.15) is 4.98 Å². The number of nitrogens with one attached hydrogen (secondary N) is 1. The number of benzene rings is 2. The van der Waals surface area contributed by atoms with E-state index in [1.165, 1.54) is 0 Å². The van der Waals surface area contributed by atoms with E-state index in [1.807, 2.05) is 30.3 Å². The van der Waals surface area contributed by atoms with Crippen molar-refractivity contribution in [2.75, 3.05) is 32.8 Å². The minimum absolute atomic E-state index is 0.00689. The van der Waals surface area contributed by atoms with Gasteiger partial charge in [0.25, 0.3) is 0 Å². The Morgan fingerprint density at radius 3 is 2.66 bits per heavy atom. The van der Waals surface area contributed by atoms with Gasteiger partial charge in [0.2, 0.25) is 5.91 Å². The summed E-state index contributed by atoms with van der Waals surface area (Å²) in [5.41, 5.74) is 1.87. The van der Waals surface area contributed by atoms with E-state index in [4.69, 9.17) is 25.8 Å². The van der Waals surface area contributed by atoms with Crippen molar-refractivity contribution in [2.45, 2.75) is 17.5 Å². The lowest BCUT2D eigenvalue weighted by Gasteiger charge is -2.11. The third kappa shape index (κ3) is 4.53. The van der Waals surface area contributed by atoms with E-state index in [0.29, 0.717) is 36.2 Å². The molecule has 1 N–H and O–H groups in total. The molecule has 8 nitrogen and oxygen atoms in total. The molecule has 1 fully saturated rings. The van der Waals surface area contributed by atoms with Crippen LogP contribution in [0, 0.1) is 0 Å². The van der Waals surface area contributed by atoms with Gasteiger partial charge < -0.3 is 19.5 Å². The second-order valence-electron chi connectivity index (χ2n) is 7.24. The Hall–Kier alpha value is -3.17. The normalized spacial score (nSPS) is 19.4. The molecule has 0 bridgehead atoms. The summed E-state index contributed by atoms with van der Waals surface area (Å²) in [7, 11) is 3.17. The highest BCUT2D eigenvalue weighted by Crippen LogP contribution is 2.46. The molecule has 1 aliphatic rings. The Kier molecular flexibility index (Phi) is 6.29. The molecule has 0 radical (unpaired) electrons. The zero-order valence-electron chi connectivity index (χ0n) is 17.5. The summed E-state index contributed by atoms with van der Waals surface area (Å²) < 4.78 is 30.9. The number of ether oxygens (including phenoxy) is 3. The lowest BCUT2D eigenvalue weighted by molar-refractivity contribution is -0.116. The van der Waals surface area contributed by atoms with Gasteiger partial charge in [0, 0.05) is 24.8 Å². The molecule has 0 aliphatic heterocycles. The molecule has 32 heavy (non-hydrogen) atoms. The van der Waals surface area contributed by atoms with Crippen molar-refractivity contribution in [3.8, 4) is 28.8 Å². The van der Waals surface area contributed by atoms with Crippen LogP contribution in [-0.2, 0) is 9.53 Å². The average molecular weight is 461 g/mol. The summed E-state index contributed by atoms with van der Waals surface area (Å²) in [5.74, 6) is 0.673. The molecule has 10 heteroatoms. The van der Waals surface area contributed by atoms with Crippen molar-refractivity contribution in [1.29, 1.82) is 0 Å². The maximum Gasteiger partial charge on any atom is 0.336 e. The predicted octanol–water partition coefficient (Wildman–Crippen LogP) is 3.63. The van der Waals surface area contributed by atoms with Crippen LogP contribution in [0.5, 0.6) is 11.8 Å². The zero-order valence-corrected chi connectivity index (χ0v) is 18.3. The molecule has 1 aromatic heterocycles. The number of aromatic nitrogens is 3. The molecule has 1 heterocycles. The topological polar surface area (TPSA) is 87.5 Å². The van der Waals surface area contributed by atoms with Crippen molar-refractivity contribution >= 4 is 23.2 Å². The molecule has 2 atom stereocenters. The van der Waals surface area contributed by atoms with Crippen LogP contribution < -0.4 is 14.8 Å². The highest BCUT2D eigenvalue weighted by molar-refractivity contribution is 6.39. The molecule has 1 amide bonds. The summed E-state index contributed by atoms with van der Waals surface area (Å²) in [6.45, 7) is 0.685. The first-order valence-corrected chi connectivity index (χ1v) is 10.3. The maximum absolute atomic E-state index is 13.4. The van der Waals surface area contributed by atoms with Crippen LogP contribution in [0.1, 0.15) is 6.42 Å². The number of alkyl halides is 2. The first-order valence-electron chi connectivity index (χ1n) is 9.92. The summed E-state index contributed by atoms with van der Waals surface area (Å²) in [4.78, 5) is 15.3. The van der Waals surface area contributed by atoms with Crippen molar-refractivity contribution in [2.24, 2.45) is 0 Å². The van der Waals surface area contributed by atoms with Gasteiger partial charge in [-0.15, -0.1) is 16.7 Å². The number of carbonyl (C=O) groups is 1. The molecule has 1 saturated carbocycles. The Morgan fingerprint density at radius 2 is 2.00 bits per heavy atom. The average Bonchev–Trinajstić information content (AvgIpc) is 3.22. The van der Waals surface area contributed by atoms with E-state index in [0.717, 1.165) is 5.56 Å². The van der Waals surface area contributed by atoms with E-state index in [2.05, 4.69) is 15.4 Å². The van der Waals surface area contributed by atoms with E-state index in [1.54, 1.807) is 37.1 Å². The van der Waals surface area contributed by atoms with Gasteiger partial charge in [0.1, 0.15) is 18.5 Å². The number of anilines is 1. The Balaban J connectivity index is 1.65. The summed E-state index contributed by atoms with van der Waals surface area (Å²) >= 11 is 5.99. The van der Waals surface area contributed by atoms with Gasteiger partial charge in [-0.1, -0.05) is 6.07 Å². The lowest BCUT2D eigenvalue weighted by Crippen LogP contribution is -2.27. The molecule has 1 aliphatic carbocycles. The monoisotopic (exact) mass is 460 g/mol. The van der Waals surface area contributed by atoms with E-state index in [-0.39, 0.29) is 12.4 Å². The van der Waals surface area contributed by atoms with Crippen LogP contribution in [0.15, 0.2) is 48.5 Å². The van der Waals surface area contributed by atoms with Crippen molar-refractivity contribution in [1.82, 2.24) is 14.8 Å². The molecular weight excluding hydrogens is 439 g/mol. The third-order valence-electron chi connectivity index (χ3n) is 4.99. The second kappa shape index (κ2) is 9.13. The number of halogens is 2. The van der Waals surface area contributed by atoms with E-state index >= 15 is 0 Å². The van der Waals surface area contributed by atoms with Gasteiger partial charge in [-0.05, 0) is 42.5 Å². The first-order chi connectivity index (χ1) is 15.4. The van der Waals surface area contributed by atoms with Gasteiger partial charge in [-0.3, -0.25) is 4.79 Å². The number of amides is 1. The van der Waals surface area contributed by atoms with Gasteiger partial charge >= 0.3 is 6.01 Å². The third-order valence-corrected chi connectivity index (χ3v) is 5.56. The fraction of sp³-hybridized carbons (Fsp3) is 0.318. The number of methoxy groups -OCH3 is 2. The number of carbonyl (C=O) groups excluding carboxylic acids is 1. The van der Waals surface area contributed by atoms with Gasteiger partial charge in [0.05, 0.1) is 19.4 Å². The molecule has 4 rings (SSSR count). The van der Waals surface area contributed by atoms with Crippen molar-refractivity contribution in [3.63, 3.8) is 0 Å². The van der Waals surface area contributed by atoms with Crippen LogP contribution in [-0.4, -0.2) is 59.2 Å². The Labute approximate surface area is 189 Å². The molecule has 0 saturated heterocycles. The molecule has 3 aromatic rings. The second-order valence-corrected chi connectivity index (χ2v) is 7.91. The quantitative estimate of drug-likeness (QED) is 0.387. The van der Waals surface area contributed by atoms with E-state index < -0.39 is 17.0 Å². The number of hydrogen-bond donors (Lipinski definition) is 1. The maximum atomic E-state index is 13.4. The van der Waals surface area contributed by atoms with Crippen LogP contribution in [0.25, 0.3) is 17.1 Å². The Bertz CT molecular complexity index is 1110. The first kappa shape index (κ1) is 22.0. The van der Waals surface area contributed by atoms with Crippen LogP contribution in [0.3, 0.4) is 0 Å². The van der Waals surface area contributed by atoms with Crippen LogP contribution in [0.4, 0.5) is 10.1 Å². The molecule has 0 unspecified atom stereocenters. The fourth-order valence-corrected chi connectivity index (χ4v) is 3.25. The van der Waals surface area contributed by atoms with Gasteiger partial charge in [-0.25, -0.2) is 9.07 Å². The number of nitrogens with zero attached hydrogens (tertiary/aromatic N) is 3. The zero-order chi connectivity index (χ0) is 22.7. The summed E-state index contributed by atoms with van der Waals surface area (Å²) in [6.07, 6.45) is -1.33. The highest BCUT2D eigenvalue weighted by atomic mass is 35.5. The lowest BCUT2D eigenvalue weighted by atomic mass is 10.2. The SMILES string of the molecule is COCCOc1nc(-c2ccc(OC)cc2)n(-c2cccc(NC(=O)[C@]3(Cl)C[C@H]3F)c2)n1. The number of rotatable bonds is 9. The predicted molar refractivity (Wildman–Crippen MR) is 117 cm³/mol. The van der Waals surface area contributed by atoms with Gasteiger partial charge in [0.15, 0.2) is 10.7 Å². The fourth-order valence-electron chi connectivity index (χ4n) is 3.06. The minimum Gasteiger partial charge on any atom is -0.497 e. The number of hydrogen-bond acceptors (Lipinski definition) is 6. The molecule has 168 valence electrons. The van der Waals surface area contributed by atoms with Crippen LogP contribution >= 0.6 is 11.6 Å². The smallest absolute Gasteiger partial charge is 0.336 e. The summed E-state index contributed by atoms with van der Waals surface area (Å²) in [5, 5.41) is 7.13. The molecule has 2 aromatic carbocycles.